The Labute approximate surface area is 128 Å². The van der Waals surface area contributed by atoms with Gasteiger partial charge in [0.2, 0.25) is 5.91 Å². The number of rotatable bonds is 2. The monoisotopic (exact) mass is 305 g/mol. The van der Waals surface area contributed by atoms with E-state index in [1.54, 1.807) is 9.80 Å². The van der Waals surface area contributed by atoms with Crippen molar-refractivity contribution in [3.63, 3.8) is 0 Å². The molecule has 2 heterocycles. The van der Waals surface area contributed by atoms with Gasteiger partial charge >= 0.3 is 6.03 Å². The predicted octanol–water partition coefficient (Wildman–Crippen LogP) is 1.55. The molecule has 1 atom stereocenters. The van der Waals surface area contributed by atoms with Gasteiger partial charge < -0.3 is 15.1 Å². The third-order valence-corrected chi connectivity index (χ3v) is 4.81. The van der Waals surface area contributed by atoms with Crippen LogP contribution in [0.3, 0.4) is 0 Å². The maximum absolute atomic E-state index is 12.4. The average molecular weight is 305 g/mol. The molecule has 3 rings (SSSR count). The van der Waals surface area contributed by atoms with Gasteiger partial charge in [0.15, 0.2) is 0 Å². The van der Waals surface area contributed by atoms with Crippen molar-refractivity contribution in [2.24, 2.45) is 0 Å². The Hall–Kier alpha value is -1.69. The zero-order valence-electron chi connectivity index (χ0n) is 11.8. The molecule has 0 unspecified atom stereocenters. The summed E-state index contributed by atoms with van der Waals surface area (Å²) >= 11 is 1.86. The fraction of sp³-hybridized carbons (Fsp3) is 0.467. The standard InChI is InChI=1S/C15H19N3O2S/c19-14-13(16-15(20)17-8-10-21-11-9-17)6-7-18(14)12-4-2-1-3-5-12/h1-5,13H,6-11H2,(H,16,20)/t13-/m0/s1. The Morgan fingerprint density at radius 3 is 2.57 bits per heavy atom. The second kappa shape index (κ2) is 6.39. The number of thioether (sulfide) groups is 1. The van der Waals surface area contributed by atoms with Crippen LogP contribution in [0.15, 0.2) is 30.3 Å². The number of carbonyl (C=O) groups is 2. The molecular formula is C15H19N3O2S. The summed E-state index contributed by atoms with van der Waals surface area (Å²) in [5.41, 5.74) is 0.897. The van der Waals surface area contributed by atoms with Gasteiger partial charge in [0.05, 0.1) is 0 Å². The molecule has 1 N–H and O–H groups in total. The topological polar surface area (TPSA) is 52.7 Å². The third-order valence-electron chi connectivity index (χ3n) is 3.87. The smallest absolute Gasteiger partial charge is 0.318 e. The molecule has 1 aromatic carbocycles. The fourth-order valence-electron chi connectivity index (χ4n) is 2.68. The first kappa shape index (κ1) is 14.3. The van der Waals surface area contributed by atoms with Crippen LogP contribution in [0.1, 0.15) is 6.42 Å². The summed E-state index contributed by atoms with van der Waals surface area (Å²) in [6, 6.07) is 9.10. The molecule has 112 valence electrons. The van der Waals surface area contributed by atoms with Crippen LogP contribution in [-0.2, 0) is 4.79 Å². The van der Waals surface area contributed by atoms with Crippen LogP contribution >= 0.6 is 11.8 Å². The van der Waals surface area contributed by atoms with Crippen LogP contribution in [0.25, 0.3) is 0 Å². The molecule has 2 fully saturated rings. The Kier molecular flexibility index (Phi) is 4.34. The highest BCUT2D eigenvalue weighted by Crippen LogP contribution is 2.21. The van der Waals surface area contributed by atoms with Crippen molar-refractivity contribution < 1.29 is 9.59 Å². The first-order chi connectivity index (χ1) is 10.3. The minimum absolute atomic E-state index is 0.0130. The van der Waals surface area contributed by atoms with Gasteiger partial charge in [0.1, 0.15) is 6.04 Å². The van der Waals surface area contributed by atoms with Crippen LogP contribution in [0, 0.1) is 0 Å². The molecule has 1 aromatic rings. The van der Waals surface area contributed by atoms with Crippen molar-refractivity contribution >= 4 is 29.4 Å². The van der Waals surface area contributed by atoms with Crippen LogP contribution < -0.4 is 10.2 Å². The van der Waals surface area contributed by atoms with Crippen molar-refractivity contribution in [2.45, 2.75) is 12.5 Å². The minimum Gasteiger partial charge on any atom is -0.326 e. The normalized spacial score (nSPS) is 22.5. The van der Waals surface area contributed by atoms with E-state index in [0.29, 0.717) is 13.0 Å². The van der Waals surface area contributed by atoms with E-state index in [9.17, 15) is 9.59 Å². The van der Waals surface area contributed by atoms with E-state index in [1.807, 2.05) is 42.1 Å². The highest BCUT2D eigenvalue weighted by molar-refractivity contribution is 7.99. The summed E-state index contributed by atoms with van der Waals surface area (Å²) in [4.78, 5) is 28.1. The van der Waals surface area contributed by atoms with Crippen molar-refractivity contribution in [2.75, 3.05) is 36.0 Å². The van der Waals surface area contributed by atoms with Gasteiger partial charge in [0.25, 0.3) is 0 Å². The molecule has 6 heteroatoms. The lowest BCUT2D eigenvalue weighted by atomic mass is 10.2. The second-order valence-corrected chi connectivity index (χ2v) is 6.44. The lowest BCUT2D eigenvalue weighted by Crippen LogP contribution is -2.50. The zero-order chi connectivity index (χ0) is 14.7. The van der Waals surface area contributed by atoms with Gasteiger partial charge in [-0.1, -0.05) is 18.2 Å². The number of nitrogens with one attached hydrogen (secondary N) is 1. The van der Waals surface area contributed by atoms with Crippen molar-refractivity contribution in [1.82, 2.24) is 10.2 Å². The number of anilines is 1. The lowest BCUT2D eigenvalue weighted by Gasteiger charge is -2.27. The number of urea groups is 1. The summed E-state index contributed by atoms with van der Waals surface area (Å²) < 4.78 is 0. The third kappa shape index (κ3) is 3.15. The number of nitrogens with zero attached hydrogens (tertiary/aromatic N) is 2. The molecule has 2 aliphatic heterocycles. The number of para-hydroxylation sites is 1. The molecule has 0 saturated carbocycles. The molecule has 0 bridgehead atoms. The number of carbonyl (C=O) groups excluding carboxylic acids is 2. The van der Waals surface area contributed by atoms with E-state index >= 15 is 0 Å². The van der Waals surface area contributed by atoms with E-state index in [0.717, 1.165) is 30.3 Å². The van der Waals surface area contributed by atoms with Gasteiger partial charge in [-0.05, 0) is 18.6 Å². The quantitative estimate of drug-likeness (QED) is 0.902. The maximum Gasteiger partial charge on any atom is 0.318 e. The summed E-state index contributed by atoms with van der Waals surface area (Å²) in [6.45, 7) is 2.18. The number of hydrogen-bond acceptors (Lipinski definition) is 3. The van der Waals surface area contributed by atoms with E-state index in [2.05, 4.69) is 5.32 Å². The molecule has 5 nitrogen and oxygen atoms in total. The maximum atomic E-state index is 12.4. The highest BCUT2D eigenvalue weighted by atomic mass is 32.2. The van der Waals surface area contributed by atoms with Gasteiger partial charge in [-0.25, -0.2) is 4.79 Å². The fourth-order valence-corrected chi connectivity index (χ4v) is 3.59. The molecule has 2 aliphatic rings. The van der Waals surface area contributed by atoms with Crippen LogP contribution in [-0.4, -0.2) is 54.0 Å². The Balaban J connectivity index is 1.60. The van der Waals surface area contributed by atoms with Gasteiger partial charge in [-0.3, -0.25) is 4.79 Å². The molecule has 21 heavy (non-hydrogen) atoms. The molecule has 3 amide bonds. The van der Waals surface area contributed by atoms with Crippen molar-refractivity contribution in [1.29, 1.82) is 0 Å². The van der Waals surface area contributed by atoms with Crippen LogP contribution in [0.2, 0.25) is 0 Å². The van der Waals surface area contributed by atoms with E-state index in [4.69, 9.17) is 0 Å². The molecular weight excluding hydrogens is 286 g/mol. The molecule has 0 radical (unpaired) electrons. The van der Waals surface area contributed by atoms with Gasteiger partial charge in [-0.2, -0.15) is 11.8 Å². The predicted molar refractivity (Wildman–Crippen MR) is 84.6 cm³/mol. The van der Waals surface area contributed by atoms with Crippen molar-refractivity contribution in [3.05, 3.63) is 30.3 Å². The number of amides is 3. The first-order valence-corrected chi connectivity index (χ1v) is 8.41. The summed E-state index contributed by atoms with van der Waals surface area (Å²) in [7, 11) is 0. The largest absolute Gasteiger partial charge is 0.326 e. The molecule has 2 saturated heterocycles. The molecule has 0 spiro atoms. The SMILES string of the molecule is O=C(N[C@H]1CCN(c2ccccc2)C1=O)N1CCSCC1. The zero-order valence-corrected chi connectivity index (χ0v) is 12.6. The average Bonchev–Trinajstić information content (AvgIpc) is 2.90. The minimum atomic E-state index is -0.396. The number of benzene rings is 1. The summed E-state index contributed by atoms with van der Waals surface area (Å²) in [5, 5.41) is 2.88. The Bertz CT molecular complexity index is 517. The Morgan fingerprint density at radius 2 is 1.86 bits per heavy atom. The first-order valence-electron chi connectivity index (χ1n) is 7.25. The van der Waals surface area contributed by atoms with E-state index < -0.39 is 6.04 Å². The second-order valence-electron chi connectivity index (χ2n) is 5.22. The Morgan fingerprint density at radius 1 is 1.14 bits per heavy atom. The van der Waals surface area contributed by atoms with Crippen molar-refractivity contribution in [3.8, 4) is 0 Å². The van der Waals surface area contributed by atoms with Crippen LogP contribution in [0.5, 0.6) is 0 Å². The molecule has 0 aliphatic carbocycles. The molecule has 0 aromatic heterocycles. The lowest BCUT2D eigenvalue weighted by molar-refractivity contribution is -0.118. The summed E-state index contributed by atoms with van der Waals surface area (Å²) in [5.74, 6) is 1.94. The highest BCUT2D eigenvalue weighted by Gasteiger charge is 2.34. The summed E-state index contributed by atoms with van der Waals surface area (Å²) in [6.07, 6.45) is 0.669. The van der Waals surface area contributed by atoms with Gasteiger partial charge in [-0.15, -0.1) is 0 Å². The van der Waals surface area contributed by atoms with E-state index in [1.165, 1.54) is 0 Å². The number of hydrogen-bond donors (Lipinski definition) is 1. The van der Waals surface area contributed by atoms with Crippen LogP contribution in [0.4, 0.5) is 10.5 Å². The van der Waals surface area contributed by atoms with Gasteiger partial charge in [0, 0.05) is 36.8 Å². The van der Waals surface area contributed by atoms with E-state index in [-0.39, 0.29) is 11.9 Å².